The van der Waals surface area contributed by atoms with Crippen molar-refractivity contribution in [2.24, 2.45) is 5.73 Å². The number of amides is 1. The Kier molecular flexibility index (Phi) is 4.67. The molecule has 0 radical (unpaired) electrons. The van der Waals surface area contributed by atoms with Gasteiger partial charge in [-0.3, -0.25) is 9.59 Å². The third-order valence-electron chi connectivity index (χ3n) is 2.42. The van der Waals surface area contributed by atoms with Crippen LogP contribution in [0.25, 0.3) is 0 Å². The number of aromatic hydroxyl groups is 1. The third kappa shape index (κ3) is 4.06. The summed E-state index contributed by atoms with van der Waals surface area (Å²) in [4.78, 5) is 23.5. The Bertz CT molecular complexity index is 447. The van der Waals surface area contributed by atoms with E-state index in [2.05, 4.69) is 0 Å². The maximum absolute atomic E-state index is 11.7. The minimum atomic E-state index is -1.11. The molecule has 1 amide bonds. The number of carbonyl (C=O) groups excluding carboxylic acids is 1. The first-order valence-electron chi connectivity index (χ1n) is 5.40. The van der Waals surface area contributed by atoms with Crippen molar-refractivity contribution in [3.8, 4) is 5.75 Å². The molecule has 98 valence electrons. The maximum atomic E-state index is 11.7. The van der Waals surface area contributed by atoms with E-state index in [9.17, 15) is 14.7 Å². The summed E-state index contributed by atoms with van der Waals surface area (Å²) in [5.74, 6) is -1.44. The van der Waals surface area contributed by atoms with E-state index in [1.54, 1.807) is 12.1 Å². The molecule has 0 aliphatic rings. The summed E-state index contributed by atoms with van der Waals surface area (Å²) in [6.07, 6.45) is -0.400. The van der Waals surface area contributed by atoms with E-state index in [1.807, 2.05) is 0 Å². The van der Waals surface area contributed by atoms with Crippen molar-refractivity contribution in [2.45, 2.75) is 19.0 Å². The fraction of sp³-hybridized carbons (Fsp3) is 0.333. The van der Waals surface area contributed by atoms with E-state index < -0.39 is 24.3 Å². The van der Waals surface area contributed by atoms with Crippen molar-refractivity contribution in [3.63, 3.8) is 0 Å². The number of hydrogen-bond acceptors (Lipinski definition) is 4. The lowest BCUT2D eigenvalue weighted by Crippen LogP contribution is -2.42. The van der Waals surface area contributed by atoms with Gasteiger partial charge in [0.15, 0.2) is 0 Å². The molecule has 1 atom stereocenters. The van der Waals surface area contributed by atoms with Gasteiger partial charge in [0, 0.05) is 13.6 Å². The second-order valence-electron chi connectivity index (χ2n) is 4.07. The zero-order valence-electron chi connectivity index (χ0n) is 10.0. The van der Waals surface area contributed by atoms with Gasteiger partial charge in [-0.05, 0) is 17.7 Å². The molecule has 0 aromatic heterocycles. The molecule has 18 heavy (non-hydrogen) atoms. The number of benzene rings is 1. The third-order valence-corrected chi connectivity index (χ3v) is 2.42. The normalized spacial score (nSPS) is 11.9. The van der Waals surface area contributed by atoms with Crippen LogP contribution in [0.2, 0.25) is 0 Å². The van der Waals surface area contributed by atoms with Crippen LogP contribution in [0, 0.1) is 0 Å². The van der Waals surface area contributed by atoms with E-state index in [-0.39, 0.29) is 12.3 Å². The van der Waals surface area contributed by atoms with E-state index in [4.69, 9.17) is 10.8 Å². The van der Waals surface area contributed by atoms with E-state index >= 15 is 0 Å². The van der Waals surface area contributed by atoms with Crippen molar-refractivity contribution in [1.29, 1.82) is 0 Å². The van der Waals surface area contributed by atoms with E-state index in [0.717, 1.165) is 5.56 Å². The van der Waals surface area contributed by atoms with Crippen LogP contribution in [-0.4, -0.2) is 40.1 Å². The molecule has 1 aromatic rings. The molecule has 1 unspecified atom stereocenters. The zero-order valence-corrected chi connectivity index (χ0v) is 10.0. The van der Waals surface area contributed by atoms with Crippen molar-refractivity contribution in [1.82, 2.24) is 4.90 Å². The van der Waals surface area contributed by atoms with E-state index in [1.165, 1.54) is 24.1 Å². The van der Waals surface area contributed by atoms with Gasteiger partial charge in [0.2, 0.25) is 5.91 Å². The molecule has 0 aliphatic heterocycles. The fourth-order valence-electron chi connectivity index (χ4n) is 1.57. The van der Waals surface area contributed by atoms with Crippen LogP contribution < -0.4 is 5.73 Å². The number of phenolic OH excluding ortho intramolecular Hbond substituents is 1. The Labute approximate surface area is 105 Å². The van der Waals surface area contributed by atoms with Crippen molar-refractivity contribution < 1.29 is 19.8 Å². The number of rotatable bonds is 5. The lowest BCUT2D eigenvalue weighted by molar-refractivity contribution is -0.141. The van der Waals surface area contributed by atoms with Crippen LogP contribution in [0.15, 0.2) is 24.3 Å². The van der Waals surface area contributed by atoms with Crippen molar-refractivity contribution >= 4 is 11.9 Å². The molecule has 1 rings (SSSR count). The lowest BCUT2D eigenvalue weighted by atomic mass is 10.1. The summed E-state index contributed by atoms with van der Waals surface area (Å²) in [6.45, 7) is 0.264. The smallest absolute Gasteiger partial charge is 0.305 e. The standard InChI is InChI=1S/C12H16N2O4/c1-14(12(18)10(13)6-11(16)17)7-8-3-2-4-9(15)5-8/h2-5,10,15H,6-7,13H2,1H3,(H,16,17). The molecule has 0 saturated heterocycles. The number of phenols is 1. The van der Waals surface area contributed by atoms with Gasteiger partial charge in [0.05, 0.1) is 12.5 Å². The molecule has 1 aromatic carbocycles. The van der Waals surface area contributed by atoms with Crippen LogP contribution in [0.5, 0.6) is 5.75 Å². The summed E-state index contributed by atoms with van der Waals surface area (Å²) >= 11 is 0. The number of carboxylic acids is 1. The summed E-state index contributed by atoms with van der Waals surface area (Å²) in [5.41, 5.74) is 6.23. The van der Waals surface area contributed by atoms with Gasteiger partial charge < -0.3 is 20.8 Å². The largest absolute Gasteiger partial charge is 0.508 e. The predicted octanol–water partition coefficient (Wildman–Crippen LogP) is 0.153. The predicted molar refractivity (Wildman–Crippen MR) is 64.8 cm³/mol. The first-order valence-corrected chi connectivity index (χ1v) is 5.40. The number of carboxylic acid groups (broad SMARTS) is 1. The second kappa shape index (κ2) is 6.02. The SMILES string of the molecule is CN(Cc1cccc(O)c1)C(=O)C(N)CC(=O)O. The molecular weight excluding hydrogens is 236 g/mol. The second-order valence-corrected chi connectivity index (χ2v) is 4.07. The van der Waals surface area contributed by atoms with Gasteiger partial charge >= 0.3 is 5.97 Å². The minimum absolute atomic E-state index is 0.114. The van der Waals surface area contributed by atoms with Gasteiger partial charge in [0.25, 0.3) is 0 Å². The Morgan fingerprint density at radius 2 is 2.11 bits per heavy atom. The van der Waals surface area contributed by atoms with Gasteiger partial charge in [-0.2, -0.15) is 0 Å². The summed E-state index contributed by atoms with van der Waals surface area (Å²) in [6, 6.07) is 5.44. The van der Waals surface area contributed by atoms with Crippen LogP contribution in [0.1, 0.15) is 12.0 Å². The van der Waals surface area contributed by atoms with Crippen LogP contribution in [0.4, 0.5) is 0 Å². The molecule has 0 bridgehead atoms. The summed E-state index contributed by atoms with van der Waals surface area (Å²) in [5, 5.41) is 17.8. The molecule has 6 heteroatoms. The minimum Gasteiger partial charge on any atom is -0.508 e. The Hall–Kier alpha value is -2.08. The van der Waals surface area contributed by atoms with E-state index in [0.29, 0.717) is 0 Å². The highest BCUT2D eigenvalue weighted by Gasteiger charge is 2.20. The van der Waals surface area contributed by atoms with Gasteiger partial charge in [-0.1, -0.05) is 12.1 Å². The lowest BCUT2D eigenvalue weighted by Gasteiger charge is -2.20. The first-order chi connectivity index (χ1) is 8.40. The monoisotopic (exact) mass is 252 g/mol. The Morgan fingerprint density at radius 1 is 1.44 bits per heavy atom. The number of nitrogens with two attached hydrogens (primary N) is 1. The average molecular weight is 252 g/mol. The zero-order chi connectivity index (χ0) is 13.7. The summed E-state index contributed by atoms with van der Waals surface area (Å²) < 4.78 is 0. The van der Waals surface area contributed by atoms with Crippen LogP contribution in [0.3, 0.4) is 0 Å². The Balaban J connectivity index is 2.62. The molecule has 0 fully saturated rings. The summed E-state index contributed by atoms with van der Waals surface area (Å²) in [7, 11) is 1.54. The van der Waals surface area contributed by atoms with Crippen molar-refractivity contribution in [3.05, 3.63) is 29.8 Å². The highest BCUT2D eigenvalue weighted by molar-refractivity contribution is 5.85. The Morgan fingerprint density at radius 3 is 2.67 bits per heavy atom. The molecule has 4 N–H and O–H groups in total. The number of carbonyl (C=O) groups is 2. The van der Waals surface area contributed by atoms with Crippen LogP contribution >= 0.6 is 0 Å². The first kappa shape index (κ1) is 14.0. The number of hydrogen-bond donors (Lipinski definition) is 3. The molecule has 0 aliphatic carbocycles. The number of aliphatic carboxylic acids is 1. The average Bonchev–Trinajstić information content (AvgIpc) is 2.27. The molecule has 6 nitrogen and oxygen atoms in total. The number of nitrogens with zero attached hydrogens (tertiary/aromatic N) is 1. The quantitative estimate of drug-likeness (QED) is 0.692. The number of likely N-dealkylation sites (N-methyl/N-ethyl adjacent to an activating group) is 1. The van der Waals surface area contributed by atoms with Gasteiger partial charge in [-0.25, -0.2) is 0 Å². The molecule has 0 heterocycles. The van der Waals surface area contributed by atoms with Crippen molar-refractivity contribution in [2.75, 3.05) is 7.05 Å². The molecular formula is C12H16N2O4. The highest BCUT2D eigenvalue weighted by Crippen LogP contribution is 2.12. The topological polar surface area (TPSA) is 104 Å². The highest BCUT2D eigenvalue weighted by atomic mass is 16.4. The van der Waals surface area contributed by atoms with Gasteiger partial charge in [-0.15, -0.1) is 0 Å². The fourth-order valence-corrected chi connectivity index (χ4v) is 1.57. The maximum Gasteiger partial charge on any atom is 0.305 e. The van der Waals surface area contributed by atoms with Gasteiger partial charge in [0.1, 0.15) is 5.75 Å². The molecule has 0 saturated carbocycles. The van der Waals surface area contributed by atoms with Crippen LogP contribution in [-0.2, 0) is 16.1 Å². The molecule has 0 spiro atoms.